The van der Waals surface area contributed by atoms with Crippen LogP contribution in [0.1, 0.15) is 38.3 Å². The van der Waals surface area contributed by atoms with E-state index in [0.29, 0.717) is 5.92 Å². The molecule has 18 heavy (non-hydrogen) atoms. The standard InChI is InChI=1S/C17H25N/c1-6-16(17(18)12(2)3)14(5)11-15-9-7-13(4)8-10-15/h7-10,12,16,18H,5-6,11H2,1-4H3. The van der Waals surface area contributed by atoms with Gasteiger partial charge in [0.15, 0.2) is 0 Å². The number of benzene rings is 1. The Kier molecular flexibility index (Phi) is 5.33. The predicted molar refractivity (Wildman–Crippen MR) is 80.4 cm³/mol. The third kappa shape index (κ3) is 3.83. The van der Waals surface area contributed by atoms with Gasteiger partial charge in [-0.05, 0) is 31.2 Å². The van der Waals surface area contributed by atoms with Gasteiger partial charge in [-0.2, -0.15) is 0 Å². The molecule has 0 aliphatic rings. The highest BCUT2D eigenvalue weighted by atomic mass is 14.5. The lowest BCUT2D eigenvalue weighted by Gasteiger charge is -2.21. The maximum atomic E-state index is 8.17. The third-order valence-electron chi connectivity index (χ3n) is 3.45. The highest BCUT2D eigenvalue weighted by Gasteiger charge is 2.18. The SMILES string of the molecule is C=C(Cc1ccc(C)cc1)C(CC)C(=N)C(C)C. The quantitative estimate of drug-likeness (QED) is 0.548. The zero-order chi connectivity index (χ0) is 13.7. The van der Waals surface area contributed by atoms with Gasteiger partial charge in [0.05, 0.1) is 0 Å². The van der Waals surface area contributed by atoms with Crippen LogP contribution in [0.15, 0.2) is 36.4 Å². The fourth-order valence-corrected chi connectivity index (χ4v) is 2.22. The highest BCUT2D eigenvalue weighted by molar-refractivity contribution is 5.87. The number of nitrogens with one attached hydrogen (secondary N) is 1. The average molecular weight is 243 g/mol. The Balaban J connectivity index is 2.74. The van der Waals surface area contributed by atoms with Crippen molar-refractivity contribution in [1.82, 2.24) is 0 Å². The molecule has 0 saturated heterocycles. The molecule has 1 nitrogen and oxygen atoms in total. The molecule has 1 heteroatoms. The molecule has 0 spiro atoms. The minimum Gasteiger partial charge on any atom is -0.309 e. The van der Waals surface area contributed by atoms with Crippen LogP contribution in [0.25, 0.3) is 0 Å². The summed E-state index contributed by atoms with van der Waals surface area (Å²) in [7, 11) is 0. The third-order valence-corrected chi connectivity index (χ3v) is 3.45. The van der Waals surface area contributed by atoms with Gasteiger partial charge in [0, 0.05) is 11.6 Å². The van der Waals surface area contributed by atoms with E-state index in [1.165, 1.54) is 16.7 Å². The summed E-state index contributed by atoms with van der Waals surface area (Å²) in [5.41, 5.74) is 4.56. The van der Waals surface area contributed by atoms with Crippen molar-refractivity contribution in [2.24, 2.45) is 11.8 Å². The molecule has 0 aliphatic carbocycles. The lowest BCUT2D eigenvalue weighted by atomic mass is 9.84. The molecule has 1 rings (SSSR count). The van der Waals surface area contributed by atoms with Gasteiger partial charge in [-0.15, -0.1) is 0 Å². The van der Waals surface area contributed by atoms with E-state index in [4.69, 9.17) is 5.41 Å². The molecule has 1 unspecified atom stereocenters. The second-order valence-electron chi connectivity index (χ2n) is 5.39. The molecule has 0 amide bonds. The molecule has 98 valence electrons. The van der Waals surface area contributed by atoms with E-state index in [1.807, 2.05) is 0 Å². The lowest BCUT2D eigenvalue weighted by molar-refractivity contribution is 0.688. The molecule has 1 N–H and O–H groups in total. The summed E-state index contributed by atoms with van der Waals surface area (Å²) in [5, 5.41) is 8.17. The van der Waals surface area contributed by atoms with Gasteiger partial charge in [-0.1, -0.05) is 62.8 Å². The Hall–Kier alpha value is -1.37. The first-order valence-electron chi connectivity index (χ1n) is 6.77. The van der Waals surface area contributed by atoms with E-state index in [-0.39, 0.29) is 5.92 Å². The number of rotatable bonds is 6. The topological polar surface area (TPSA) is 23.9 Å². The van der Waals surface area contributed by atoms with Crippen LogP contribution in [0.3, 0.4) is 0 Å². The van der Waals surface area contributed by atoms with Crippen LogP contribution in [0, 0.1) is 24.2 Å². The molecule has 1 aromatic carbocycles. The van der Waals surface area contributed by atoms with Gasteiger partial charge in [-0.25, -0.2) is 0 Å². The van der Waals surface area contributed by atoms with Crippen molar-refractivity contribution in [1.29, 1.82) is 5.41 Å². The molecule has 0 fully saturated rings. The Morgan fingerprint density at radius 2 is 1.78 bits per heavy atom. The summed E-state index contributed by atoms with van der Waals surface area (Å²) in [6, 6.07) is 8.59. The zero-order valence-electron chi connectivity index (χ0n) is 12.1. The lowest BCUT2D eigenvalue weighted by Crippen LogP contribution is -2.21. The summed E-state index contributed by atoms with van der Waals surface area (Å²) in [6.45, 7) is 12.6. The summed E-state index contributed by atoms with van der Waals surface area (Å²) >= 11 is 0. The first-order chi connectivity index (χ1) is 8.45. The van der Waals surface area contributed by atoms with Gasteiger partial charge >= 0.3 is 0 Å². The van der Waals surface area contributed by atoms with Crippen LogP contribution in [0.2, 0.25) is 0 Å². The smallest absolute Gasteiger partial charge is 0.0186 e. The molecule has 0 aromatic heterocycles. The molecule has 0 bridgehead atoms. The molecular formula is C17H25N. The largest absolute Gasteiger partial charge is 0.309 e. The van der Waals surface area contributed by atoms with E-state index in [0.717, 1.165) is 18.6 Å². The van der Waals surface area contributed by atoms with Crippen molar-refractivity contribution in [2.45, 2.75) is 40.5 Å². The van der Waals surface area contributed by atoms with Gasteiger partial charge in [0.2, 0.25) is 0 Å². The molecular weight excluding hydrogens is 218 g/mol. The normalized spacial score (nSPS) is 12.5. The fourth-order valence-electron chi connectivity index (χ4n) is 2.22. The van der Waals surface area contributed by atoms with Crippen LogP contribution in [0.4, 0.5) is 0 Å². The van der Waals surface area contributed by atoms with Crippen LogP contribution >= 0.6 is 0 Å². The van der Waals surface area contributed by atoms with Crippen LogP contribution in [0.5, 0.6) is 0 Å². The predicted octanol–water partition coefficient (Wildman–Crippen LogP) is 4.80. The van der Waals surface area contributed by atoms with E-state index >= 15 is 0 Å². The van der Waals surface area contributed by atoms with Gasteiger partial charge in [0.1, 0.15) is 0 Å². The molecule has 0 saturated carbocycles. The van der Waals surface area contributed by atoms with Crippen molar-refractivity contribution >= 4 is 5.71 Å². The highest BCUT2D eigenvalue weighted by Crippen LogP contribution is 2.22. The average Bonchev–Trinajstić information content (AvgIpc) is 2.32. The maximum absolute atomic E-state index is 8.17. The van der Waals surface area contributed by atoms with Crippen LogP contribution in [-0.4, -0.2) is 5.71 Å². The number of allylic oxidation sites excluding steroid dienone is 1. The Bertz CT molecular complexity index is 412. The van der Waals surface area contributed by atoms with Crippen molar-refractivity contribution in [3.05, 3.63) is 47.5 Å². The Labute approximate surface area is 111 Å². The molecule has 1 aromatic rings. The molecule has 0 heterocycles. The van der Waals surface area contributed by atoms with E-state index in [2.05, 4.69) is 58.5 Å². The van der Waals surface area contributed by atoms with E-state index in [9.17, 15) is 0 Å². The van der Waals surface area contributed by atoms with Crippen molar-refractivity contribution < 1.29 is 0 Å². The Morgan fingerprint density at radius 3 is 2.22 bits per heavy atom. The number of aryl methyl sites for hydroxylation is 1. The minimum atomic E-state index is 0.228. The number of hydrogen-bond donors (Lipinski definition) is 1. The van der Waals surface area contributed by atoms with Crippen molar-refractivity contribution in [3.63, 3.8) is 0 Å². The summed E-state index contributed by atoms with van der Waals surface area (Å²) in [6.07, 6.45) is 1.86. The summed E-state index contributed by atoms with van der Waals surface area (Å²) < 4.78 is 0. The summed E-state index contributed by atoms with van der Waals surface area (Å²) in [4.78, 5) is 0. The first kappa shape index (κ1) is 14.7. The van der Waals surface area contributed by atoms with Crippen molar-refractivity contribution in [3.8, 4) is 0 Å². The monoisotopic (exact) mass is 243 g/mol. The van der Waals surface area contributed by atoms with Crippen LogP contribution < -0.4 is 0 Å². The molecule has 0 aliphatic heterocycles. The zero-order valence-corrected chi connectivity index (χ0v) is 12.1. The fraction of sp³-hybridized carbons (Fsp3) is 0.471. The van der Waals surface area contributed by atoms with Gasteiger partial charge in [0.25, 0.3) is 0 Å². The van der Waals surface area contributed by atoms with E-state index < -0.39 is 0 Å². The number of hydrogen-bond acceptors (Lipinski definition) is 1. The second-order valence-corrected chi connectivity index (χ2v) is 5.39. The minimum absolute atomic E-state index is 0.228. The van der Waals surface area contributed by atoms with Gasteiger partial charge < -0.3 is 5.41 Å². The van der Waals surface area contributed by atoms with Crippen molar-refractivity contribution in [2.75, 3.05) is 0 Å². The van der Waals surface area contributed by atoms with E-state index in [1.54, 1.807) is 0 Å². The first-order valence-corrected chi connectivity index (χ1v) is 6.77. The maximum Gasteiger partial charge on any atom is 0.0186 e. The Morgan fingerprint density at radius 1 is 1.22 bits per heavy atom. The second kappa shape index (κ2) is 6.53. The van der Waals surface area contributed by atoms with Crippen LogP contribution in [-0.2, 0) is 6.42 Å². The molecule has 0 radical (unpaired) electrons. The summed E-state index contributed by atoms with van der Waals surface area (Å²) in [5.74, 6) is 0.538. The van der Waals surface area contributed by atoms with Gasteiger partial charge in [-0.3, -0.25) is 0 Å². The molecule has 1 atom stereocenters.